The van der Waals surface area contributed by atoms with E-state index < -0.39 is 0 Å². The summed E-state index contributed by atoms with van der Waals surface area (Å²) in [5.74, 6) is 0. The van der Waals surface area contributed by atoms with Gasteiger partial charge in [-0.3, -0.25) is 0 Å². The molecule has 1 aromatic rings. The highest BCUT2D eigenvalue weighted by molar-refractivity contribution is 7.11. The summed E-state index contributed by atoms with van der Waals surface area (Å²) in [5, 5.41) is 11.0. The first-order valence-corrected chi connectivity index (χ1v) is 7.54. The quantitative estimate of drug-likeness (QED) is 0.911. The summed E-state index contributed by atoms with van der Waals surface area (Å²) in [7, 11) is 0. The molecule has 1 N–H and O–H groups in total. The maximum atomic E-state index is 9.99. The van der Waals surface area contributed by atoms with Gasteiger partial charge < -0.3 is 9.84 Å². The van der Waals surface area contributed by atoms with Crippen molar-refractivity contribution in [1.29, 1.82) is 0 Å². The summed E-state index contributed by atoms with van der Waals surface area (Å²) in [5.41, 5.74) is 0.928. The summed E-state index contributed by atoms with van der Waals surface area (Å²) in [6, 6.07) is 0. The Bertz CT molecular complexity index is 408. The van der Waals surface area contributed by atoms with Crippen molar-refractivity contribution in [1.82, 2.24) is 4.98 Å². The molecule has 0 radical (unpaired) electrons. The SMILES string of the molecule is CCOC(c1nc2c(s1)CCCC2O)C(C)(C)C. The summed E-state index contributed by atoms with van der Waals surface area (Å²) >= 11 is 1.72. The van der Waals surface area contributed by atoms with E-state index in [-0.39, 0.29) is 17.6 Å². The predicted molar refractivity (Wildman–Crippen MR) is 73.8 cm³/mol. The Morgan fingerprint density at radius 2 is 2.22 bits per heavy atom. The maximum absolute atomic E-state index is 9.99. The monoisotopic (exact) mass is 269 g/mol. The minimum absolute atomic E-state index is 0.0188. The van der Waals surface area contributed by atoms with Gasteiger partial charge >= 0.3 is 0 Å². The molecule has 0 fully saturated rings. The van der Waals surface area contributed by atoms with Crippen LogP contribution in [0.15, 0.2) is 0 Å². The van der Waals surface area contributed by atoms with Crippen LogP contribution in [0.1, 0.15) is 68.3 Å². The van der Waals surface area contributed by atoms with E-state index in [0.717, 1.165) is 30.0 Å². The van der Waals surface area contributed by atoms with E-state index in [2.05, 4.69) is 25.8 Å². The van der Waals surface area contributed by atoms with Gasteiger partial charge in [0.1, 0.15) is 11.1 Å². The first-order chi connectivity index (χ1) is 8.43. The molecule has 1 aliphatic carbocycles. The Labute approximate surface area is 113 Å². The second kappa shape index (κ2) is 5.27. The smallest absolute Gasteiger partial charge is 0.123 e. The highest BCUT2D eigenvalue weighted by Crippen LogP contribution is 2.41. The Morgan fingerprint density at radius 3 is 2.78 bits per heavy atom. The van der Waals surface area contributed by atoms with Crippen LogP contribution in [0.4, 0.5) is 0 Å². The summed E-state index contributed by atoms with van der Waals surface area (Å²) in [4.78, 5) is 5.91. The van der Waals surface area contributed by atoms with Gasteiger partial charge in [0, 0.05) is 11.5 Å². The number of rotatable bonds is 3. The summed E-state index contributed by atoms with van der Waals surface area (Å²) in [6.07, 6.45) is 2.59. The van der Waals surface area contributed by atoms with Gasteiger partial charge in [-0.1, -0.05) is 20.8 Å². The zero-order valence-corrected chi connectivity index (χ0v) is 12.5. The van der Waals surface area contributed by atoms with E-state index in [9.17, 15) is 5.11 Å². The number of aliphatic hydroxyl groups excluding tert-OH is 1. The van der Waals surface area contributed by atoms with Crippen molar-refractivity contribution in [3.63, 3.8) is 0 Å². The van der Waals surface area contributed by atoms with E-state index >= 15 is 0 Å². The first-order valence-electron chi connectivity index (χ1n) is 6.72. The number of hydrogen-bond acceptors (Lipinski definition) is 4. The van der Waals surface area contributed by atoms with E-state index in [1.807, 2.05) is 6.92 Å². The molecule has 0 spiro atoms. The predicted octanol–water partition coefficient (Wildman–Crippen LogP) is 3.64. The molecule has 0 aromatic carbocycles. The molecular weight excluding hydrogens is 246 g/mol. The van der Waals surface area contributed by atoms with Crippen LogP contribution in [-0.2, 0) is 11.2 Å². The highest BCUT2D eigenvalue weighted by atomic mass is 32.1. The van der Waals surface area contributed by atoms with Crippen molar-refractivity contribution in [2.75, 3.05) is 6.61 Å². The van der Waals surface area contributed by atoms with Crippen LogP contribution >= 0.6 is 11.3 Å². The van der Waals surface area contributed by atoms with Crippen LogP contribution in [0.5, 0.6) is 0 Å². The normalized spacial score (nSPS) is 21.7. The fraction of sp³-hybridized carbons (Fsp3) is 0.786. The van der Waals surface area contributed by atoms with Gasteiger partial charge in [-0.25, -0.2) is 4.98 Å². The van der Waals surface area contributed by atoms with Gasteiger partial charge in [-0.2, -0.15) is 0 Å². The third kappa shape index (κ3) is 2.76. The van der Waals surface area contributed by atoms with Crippen LogP contribution < -0.4 is 0 Å². The van der Waals surface area contributed by atoms with Crippen molar-refractivity contribution >= 4 is 11.3 Å². The lowest BCUT2D eigenvalue weighted by Crippen LogP contribution is -2.21. The Hall–Kier alpha value is -0.450. The molecule has 4 heteroatoms. The van der Waals surface area contributed by atoms with Crippen LogP contribution in [0.3, 0.4) is 0 Å². The standard InChI is InChI=1S/C14H23NO2S/c1-5-17-12(14(2,3)4)13-15-11-9(16)7-6-8-10(11)18-13/h9,12,16H,5-8H2,1-4H3. The molecule has 0 bridgehead atoms. The third-order valence-corrected chi connectivity index (χ3v) is 4.46. The van der Waals surface area contributed by atoms with Gasteiger partial charge in [0.25, 0.3) is 0 Å². The van der Waals surface area contributed by atoms with Crippen molar-refractivity contribution in [2.45, 2.75) is 59.2 Å². The molecule has 1 aromatic heterocycles. The van der Waals surface area contributed by atoms with E-state index in [1.54, 1.807) is 11.3 Å². The Kier molecular flexibility index (Phi) is 4.09. The molecule has 102 valence electrons. The molecule has 0 aliphatic heterocycles. The molecule has 0 saturated heterocycles. The molecule has 3 nitrogen and oxygen atoms in total. The Balaban J connectivity index is 2.32. The molecule has 2 rings (SSSR count). The zero-order valence-electron chi connectivity index (χ0n) is 11.7. The number of aromatic nitrogens is 1. The summed E-state index contributed by atoms with van der Waals surface area (Å²) in [6.45, 7) is 9.22. The number of aliphatic hydroxyl groups is 1. The number of fused-ring (bicyclic) bond motifs is 1. The number of aryl methyl sites for hydroxylation is 1. The van der Waals surface area contributed by atoms with E-state index in [4.69, 9.17) is 4.74 Å². The van der Waals surface area contributed by atoms with Gasteiger partial charge in [-0.15, -0.1) is 11.3 Å². The molecule has 18 heavy (non-hydrogen) atoms. The number of nitrogens with zero attached hydrogens (tertiary/aromatic N) is 1. The van der Waals surface area contributed by atoms with Gasteiger partial charge in [0.05, 0.1) is 11.8 Å². The molecule has 1 heterocycles. The van der Waals surface area contributed by atoms with Crippen LogP contribution in [-0.4, -0.2) is 16.7 Å². The van der Waals surface area contributed by atoms with Crippen molar-refractivity contribution in [2.24, 2.45) is 5.41 Å². The van der Waals surface area contributed by atoms with Crippen molar-refractivity contribution in [3.8, 4) is 0 Å². The number of ether oxygens (including phenoxy) is 1. The first kappa shape index (κ1) is 14.0. The molecule has 0 amide bonds. The van der Waals surface area contributed by atoms with Crippen molar-refractivity contribution in [3.05, 3.63) is 15.6 Å². The van der Waals surface area contributed by atoms with E-state index in [1.165, 1.54) is 4.88 Å². The third-order valence-electron chi connectivity index (χ3n) is 3.29. The highest BCUT2D eigenvalue weighted by Gasteiger charge is 2.32. The number of thiazole rings is 1. The van der Waals surface area contributed by atoms with Gasteiger partial charge in [0.15, 0.2) is 0 Å². The molecule has 1 aliphatic rings. The summed E-state index contributed by atoms with van der Waals surface area (Å²) < 4.78 is 5.87. The van der Waals surface area contributed by atoms with Crippen LogP contribution in [0.2, 0.25) is 0 Å². The molecule has 2 unspecified atom stereocenters. The number of hydrogen-bond donors (Lipinski definition) is 1. The average molecular weight is 269 g/mol. The second-order valence-corrected chi connectivity index (χ2v) is 7.09. The Morgan fingerprint density at radius 1 is 1.50 bits per heavy atom. The lowest BCUT2D eigenvalue weighted by Gasteiger charge is -2.28. The lowest BCUT2D eigenvalue weighted by atomic mass is 9.89. The van der Waals surface area contributed by atoms with Crippen LogP contribution in [0, 0.1) is 5.41 Å². The molecule has 0 saturated carbocycles. The average Bonchev–Trinajstić information content (AvgIpc) is 2.69. The molecule has 2 atom stereocenters. The largest absolute Gasteiger partial charge is 0.387 e. The van der Waals surface area contributed by atoms with E-state index in [0.29, 0.717) is 6.61 Å². The van der Waals surface area contributed by atoms with Crippen LogP contribution in [0.25, 0.3) is 0 Å². The minimum atomic E-state index is -0.374. The zero-order chi connectivity index (χ0) is 13.3. The van der Waals surface area contributed by atoms with Gasteiger partial charge in [0.2, 0.25) is 0 Å². The van der Waals surface area contributed by atoms with Gasteiger partial charge in [-0.05, 0) is 31.6 Å². The minimum Gasteiger partial charge on any atom is -0.387 e. The maximum Gasteiger partial charge on any atom is 0.123 e. The lowest BCUT2D eigenvalue weighted by molar-refractivity contribution is -0.0136. The topological polar surface area (TPSA) is 42.4 Å². The second-order valence-electron chi connectivity index (χ2n) is 5.97. The fourth-order valence-corrected chi connectivity index (χ4v) is 3.84. The molecular formula is C14H23NO2S. The van der Waals surface area contributed by atoms with Crippen molar-refractivity contribution < 1.29 is 9.84 Å². The fourth-order valence-electron chi connectivity index (χ4n) is 2.39.